The van der Waals surface area contributed by atoms with Gasteiger partial charge in [0.1, 0.15) is 11.5 Å². The van der Waals surface area contributed by atoms with E-state index in [0.29, 0.717) is 29.7 Å². The molecule has 0 saturated carbocycles. The number of hydrogen-bond acceptors (Lipinski definition) is 7. The summed E-state index contributed by atoms with van der Waals surface area (Å²) < 4.78 is 15.8. The molecule has 36 heavy (non-hydrogen) atoms. The Balaban J connectivity index is 1.22. The van der Waals surface area contributed by atoms with Gasteiger partial charge in [0.2, 0.25) is 17.6 Å². The maximum Gasteiger partial charge on any atom is 0.258 e. The van der Waals surface area contributed by atoms with Crippen LogP contribution in [0.15, 0.2) is 77.3 Å². The van der Waals surface area contributed by atoms with Crippen molar-refractivity contribution in [1.29, 1.82) is 0 Å². The SMILES string of the molecule is COc1ccc(-c2noc(-c3ccc(NC(=O)[C@@H]4CC(=O)N(c5ccc(OC)cc5)C4)cc3)n2)cc1. The molecule has 0 aliphatic carbocycles. The van der Waals surface area contributed by atoms with Crippen LogP contribution >= 0.6 is 0 Å². The standard InChI is InChI=1S/C27H24N4O5/c1-34-22-11-5-17(6-12-22)25-29-27(36-30-25)18-3-7-20(8-4-18)28-26(33)19-15-24(32)31(16-19)21-9-13-23(35-2)14-10-21/h3-14,19H,15-16H2,1-2H3,(H,28,33)/t19-/m1/s1. The summed E-state index contributed by atoms with van der Waals surface area (Å²) >= 11 is 0. The van der Waals surface area contributed by atoms with E-state index in [1.165, 1.54) is 0 Å². The summed E-state index contributed by atoms with van der Waals surface area (Å²) in [7, 11) is 3.20. The quantitative estimate of drug-likeness (QED) is 0.414. The highest BCUT2D eigenvalue weighted by atomic mass is 16.5. The minimum absolute atomic E-state index is 0.0836. The van der Waals surface area contributed by atoms with Crippen molar-refractivity contribution in [2.45, 2.75) is 6.42 Å². The molecule has 182 valence electrons. The number of carbonyl (C=O) groups excluding carboxylic acids is 2. The van der Waals surface area contributed by atoms with Crippen LogP contribution in [0.3, 0.4) is 0 Å². The summed E-state index contributed by atoms with van der Waals surface area (Å²) in [5, 5.41) is 6.95. The molecule has 2 amide bonds. The molecule has 1 N–H and O–H groups in total. The predicted octanol–water partition coefficient (Wildman–Crippen LogP) is 4.41. The molecule has 0 radical (unpaired) electrons. The highest BCUT2D eigenvalue weighted by Gasteiger charge is 2.35. The first-order valence-corrected chi connectivity index (χ1v) is 11.4. The molecule has 5 rings (SSSR count). The number of benzene rings is 3. The van der Waals surface area contributed by atoms with Gasteiger partial charge in [-0.1, -0.05) is 5.16 Å². The van der Waals surface area contributed by atoms with E-state index in [1.807, 2.05) is 36.4 Å². The van der Waals surface area contributed by atoms with Crippen LogP contribution in [0.25, 0.3) is 22.8 Å². The summed E-state index contributed by atoms with van der Waals surface area (Å²) in [6, 6.07) is 21.7. The topological polar surface area (TPSA) is 107 Å². The van der Waals surface area contributed by atoms with Gasteiger partial charge in [-0.15, -0.1) is 0 Å². The van der Waals surface area contributed by atoms with Crippen LogP contribution in [0.5, 0.6) is 11.5 Å². The predicted molar refractivity (Wildman–Crippen MR) is 134 cm³/mol. The zero-order valence-corrected chi connectivity index (χ0v) is 19.8. The smallest absolute Gasteiger partial charge is 0.258 e. The lowest BCUT2D eigenvalue weighted by atomic mass is 10.1. The number of rotatable bonds is 7. The molecule has 1 aliphatic heterocycles. The van der Waals surface area contributed by atoms with Gasteiger partial charge in [0, 0.05) is 35.5 Å². The normalized spacial score (nSPS) is 15.1. The monoisotopic (exact) mass is 484 g/mol. The molecule has 0 bridgehead atoms. The highest BCUT2D eigenvalue weighted by Crippen LogP contribution is 2.28. The van der Waals surface area contributed by atoms with E-state index in [9.17, 15) is 9.59 Å². The maximum absolute atomic E-state index is 12.8. The fourth-order valence-corrected chi connectivity index (χ4v) is 4.03. The number of amides is 2. The van der Waals surface area contributed by atoms with Gasteiger partial charge < -0.3 is 24.2 Å². The molecule has 3 aromatic carbocycles. The third-order valence-electron chi connectivity index (χ3n) is 6.05. The molecule has 1 saturated heterocycles. The van der Waals surface area contributed by atoms with E-state index in [4.69, 9.17) is 14.0 Å². The van der Waals surface area contributed by atoms with Crippen molar-refractivity contribution in [3.63, 3.8) is 0 Å². The third kappa shape index (κ3) is 4.76. The number of aromatic nitrogens is 2. The maximum atomic E-state index is 12.8. The van der Waals surface area contributed by atoms with Crippen molar-refractivity contribution < 1.29 is 23.6 Å². The first-order valence-electron chi connectivity index (χ1n) is 11.4. The van der Waals surface area contributed by atoms with Gasteiger partial charge in [0.05, 0.1) is 20.1 Å². The Labute approximate surface area is 207 Å². The molecular formula is C27H24N4O5. The Hall–Kier alpha value is -4.66. The van der Waals surface area contributed by atoms with E-state index in [-0.39, 0.29) is 18.2 Å². The van der Waals surface area contributed by atoms with Crippen molar-refractivity contribution in [2.75, 3.05) is 31.0 Å². The second-order valence-corrected chi connectivity index (χ2v) is 8.32. The van der Waals surface area contributed by atoms with Gasteiger partial charge in [0.15, 0.2) is 0 Å². The number of hydrogen-bond donors (Lipinski definition) is 1. The molecule has 0 unspecified atom stereocenters. The lowest BCUT2D eigenvalue weighted by Gasteiger charge is -2.17. The Morgan fingerprint density at radius 2 is 1.53 bits per heavy atom. The van der Waals surface area contributed by atoms with E-state index in [2.05, 4.69) is 15.5 Å². The van der Waals surface area contributed by atoms with Gasteiger partial charge >= 0.3 is 0 Å². The van der Waals surface area contributed by atoms with Gasteiger partial charge in [0.25, 0.3) is 5.89 Å². The van der Waals surface area contributed by atoms with Crippen molar-refractivity contribution >= 4 is 23.2 Å². The van der Waals surface area contributed by atoms with Crippen molar-refractivity contribution in [3.05, 3.63) is 72.8 Å². The first kappa shape index (κ1) is 23.1. The molecule has 1 aromatic heterocycles. The Bertz CT molecular complexity index is 1360. The number of ether oxygens (including phenoxy) is 2. The Kier molecular flexibility index (Phi) is 6.36. The van der Waals surface area contributed by atoms with Gasteiger partial charge in [-0.3, -0.25) is 9.59 Å². The van der Waals surface area contributed by atoms with Crippen LogP contribution in [0.2, 0.25) is 0 Å². The van der Waals surface area contributed by atoms with Crippen LogP contribution in [-0.4, -0.2) is 42.7 Å². The Morgan fingerprint density at radius 1 is 0.917 bits per heavy atom. The molecule has 9 nitrogen and oxygen atoms in total. The zero-order chi connectivity index (χ0) is 25.1. The molecule has 1 aliphatic rings. The number of anilines is 2. The number of nitrogens with one attached hydrogen (secondary N) is 1. The van der Waals surface area contributed by atoms with E-state index in [1.54, 1.807) is 55.5 Å². The average molecular weight is 485 g/mol. The second-order valence-electron chi connectivity index (χ2n) is 8.32. The fraction of sp³-hybridized carbons (Fsp3) is 0.185. The fourth-order valence-electron chi connectivity index (χ4n) is 4.03. The molecule has 9 heteroatoms. The molecule has 1 atom stereocenters. The summed E-state index contributed by atoms with van der Waals surface area (Å²) in [4.78, 5) is 31.4. The summed E-state index contributed by atoms with van der Waals surface area (Å²) in [6.45, 7) is 0.325. The molecule has 2 heterocycles. The number of nitrogens with zero attached hydrogens (tertiary/aromatic N) is 3. The van der Waals surface area contributed by atoms with Crippen LogP contribution in [0.4, 0.5) is 11.4 Å². The van der Waals surface area contributed by atoms with E-state index >= 15 is 0 Å². The highest BCUT2D eigenvalue weighted by molar-refractivity contribution is 6.03. The lowest BCUT2D eigenvalue weighted by molar-refractivity contribution is -0.122. The zero-order valence-electron chi connectivity index (χ0n) is 19.8. The van der Waals surface area contributed by atoms with Gasteiger partial charge in [-0.2, -0.15) is 4.98 Å². The number of carbonyl (C=O) groups is 2. The molecular weight excluding hydrogens is 460 g/mol. The largest absolute Gasteiger partial charge is 0.497 e. The van der Waals surface area contributed by atoms with Crippen molar-refractivity contribution in [3.8, 4) is 34.3 Å². The van der Waals surface area contributed by atoms with Gasteiger partial charge in [-0.05, 0) is 72.8 Å². The van der Waals surface area contributed by atoms with Crippen molar-refractivity contribution in [2.24, 2.45) is 5.92 Å². The van der Waals surface area contributed by atoms with Gasteiger partial charge in [-0.25, -0.2) is 0 Å². The van der Waals surface area contributed by atoms with Crippen molar-refractivity contribution in [1.82, 2.24) is 10.1 Å². The van der Waals surface area contributed by atoms with Crippen LogP contribution in [-0.2, 0) is 9.59 Å². The second kappa shape index (κ2) is 9.91. The van der Waals surface area contributed by atoms with E-state index < -0.39 is 5.92 Å². The minimum atomic E-state index is -0.442. The lowest BCUT2D eigenvalue weighted by Crippen LogP contribution is -2.28. The average Bonchev–Trinajstić information content (AvgIpc) is 3.57. The van der Waals surface area contributed by atoms with Crippen LogP contribution < -0.4 is 19.7 Å². The molecule has 1 fully saturated rings. The first-order chi connectivity index (χ1) is 17.5. The summed E-state index contributed by atoms with van der Waals surface area (Å²) in [5.41, 5.74) is 2.90. The van der Waals surface area contributed by atoms with Crippen LogP contribution in [0, 0.1) is 5.92 Å². The Morgan fingerprint density at radius 3 is 2.17 bits per heavy atom. The molecule has 0 spiro atoms. The van der Waals surface area contributed by atoms with E-state index in [0.717, 1.165) is 22.6 Å². The number of methoxy groups -OCH3 is 2. The summed E-state index contributed by atoms with van der Waals surface area (Å²) in [5.74, 6) is 1.57. The summed E-state index contributed by atoms with van der Waals surface area (Å²) in [6.07, 6.45) is 0.159. The third-order valence-corrected chi connectivity index (χ3v) is 6.05. The minimum Gasteiger partial charge on any atom is -0.497 e. The molecule has 4 aromatic rings. The van der Waals surface area contributed by atoms with Crippen LogP contribution in [0.1, 0.15) is 6.42 Å².